The van der Waals surface area contributed by atoms with E-state index in [1.807, 2.05) is 32.0 Å². The number of aliphatic hydroxyl groups excluding tert-OH is 1. The topological polar surface area (TPSA) is 58.6 Å². The van der Waals surface area contributed by atoms with Crippen molar-refractivity contribution in [3.05, 3.63) is 29.3 Å². The largest absolute Gasteiger partial charge is 0.483 e. The minimum absolute atomic E-state index is 0.00505. The second-order valence-corrected chi connectivity index (χ2v) is 5.54. The van der Waals surface area contributed by atoms with Crippen molar-refractivity contribution in [3.8, 4) is 5.75 Å². The van der Waals surface area contributed by atoms with Gasteiger partial charge in [0.1, 0.15) is 5.75 Å². The number of carbonyl (C=O) groups is 1. The van der Waals surface area contributed by atoms with Crippen LogP contribution in [-0.4, -0.2) is 29.8 Å². The van der Waals surface area contributed by atoms with Crippen molar-refractivity contribution >= 4 is 5.91 Å². The van der Waals surface area contributed by atoms with Gasteiger partial charge >= 0.3 is 0 Å². The summed E-state index contributed by atoms with van der Waals surface area (Å²) in [6.07, 6.45) is 3.28. The summed E-state index contributed by atoms with van der Waals surface area (Å²) in [5, 5.41) is 12.7. The zero-order chi connectivity index (χ0) is 14.5. The van der Waals surface area contributed by atoms with E-state index in [2.05, 4.69) is 5.32 Å². The number of nitrogens with one attached hydrogen (secondary N) is 1. The van der Waals surface area contributed by atoms with Crippen LogP contribution in [0.4, 0.5) is 0 Å². The van der Waals surface area contributed by atoms with E-state index in [9.17, 15) is 9.90 Å². The van der Waals surface area contributed by atoms with E-state index in [4.69, 9.17) is 4.74 Å². The van der Waals surface area contributed by atoms with Crippen LogP contribution in [0.15, 0.2) is 18.2 Å². The molecule has 2 atom stereocenters. The van der Waals surface area contributed by atoms with Crippen molar-refractivity contribution in [2.24, 2.45) is 0 Å². The summed E-state index contributed by atoms with van der Waals surface area (Å²) in [5.41, 5.74) is 2.05. The quantitative estimate of drug-likeness (QED) is 0.886. The van der Waals surface area contributed by atoms with E-state index in [1.165, 1.54) is 0 Å². The van der Waals surface area contributed by atoms with E-state index < -0.39 is 6.10 Å². The van der Waals surface area contributed by atoms with Crippen LogP contribution < -0.4 is 10.1 Å². The highest BCUT2D eigenvalue weighted by Crippen LogP contribution is 2.22. The van der Waals surface area contributed by atoms with E-state index in [0.29, 0.717) is 0 Å². The van der Waals surface area contributed by atoms with Crippen molar-refractivity contribution in [2.75, 3.05) is 6.61 Å². The normalized spacial score (nSPS) is 22.4. The molecule has 0 aromatic heterocycles. The fourth-order valence-corrected chi connectivity index (χ4v) is 2.69. The predicted octanol–water partition coefficient (Wildman–Crippen LogP) is 2.10. The zero-order valence-electron chi connectivity index (χ0n) is 12.2. The molecule has 2 N–H and O–H groups in total. The highest BCUT2D eigenvalue weighted by Gasteiger charge is 2.24. The van der Waals surface area contributed by atoms with Gasteiger partial charge in [-0.3, -0.25) is 4.79 Å². The van der Waals surface area contributed by atoms with Crippen LogP contribution in [0.3, 0.4) is 0 Å². The molecule has 1 amide bonds. The van der Waals surface area contributed by atoms with Crippen LogP contribution in [-0.2, 0) is 4.79 Å². The van der Waals surface area contributed by atoms with Gasteiger partial charge in [-0.15, -0.1) is 0 Å². The summed E-state index contributed by atoms with van der Waals surface area (Å²) >= 11 is 0. The van der Waals surface area contributed by atoms with Gasteiger partial charge in [-0.2, -0.15) is 0 Å². The fraction of sp³-hybridized carbons (Fsp3) is 0.562. The summed E-state index contributed by atoms with van der Waals surface area (Å²) in [4.78, 5) is 11.9. The molecule has 4 nitrogen and oxygen atoms in total. The molecule has 1 aliphatic rings. The monoisotopic (exact) mass is 277 g/mol. The van der Waals surface area contributed by atoms with Gasteiger partial charge in [0, 0.05) is 0 Å². The lowest BCUT2D eigenvalue weighted by molar-refractivity contribution is -0.125. The Morgan fingerprint density at radius 3 is 2.60 bits per heavy atom. The maximum Gasteiger partial charge on any atom is 0.258 e. The molecule has 0 saturated heterocycles. The van der Waals surface area contributed by atoms with Crippen LogP contribution in [0, 0.1) is 13.8 Å². The molecule has 1 aromatic carbocycles. The summed E-state index contributed by atoms with van der Waals surface area (Å²) in [7, 11) is 0. The number of para-hydroxylation sites is 1. The molecule has 0 heterocycles. The van der Waals surface area contributed by atoms with Crippen molar-refractivity contribution in [2.45, 2.75) is 51.7 Å². The first-order chi connectivity index (χ1) is 9.58. The molecule has 2 rings (SSSR count). The molecule has 20 heavy (non-hydrogen) atoms. The Morgan fingerprint density at radius 2 is 1.95 bits per heavy atom. The molecule has 4 heteroatoms. The van der Waals surface area contributed by atoms with Crippen LogP contribution in [0.1, 0.15) is 36.8 Å². The molecule has 0 unspecified atom stereocenters. The minimum Gasteiger partial charge on any atom is -0.483 e. The Bertz CT molecular complexity index is 453. The number of aryl methyl sites for hydroxylation is 2. The summed E-state index contributed by atoms with van der Waals surface area (Å²) in [6, 6.07) is 5.77. The molecule has 1 fully saturated rings. The molecule has 0 radical (unpaired) electrons. The van der Waals surface area contributed by atoms with Gasteiger partial charge in [-0.1, -0.05) is 31.0 Å². The Morgan fingerprint density at radius 1 is 1.30 bits per heavy atom. The number of rotatable bonds is 4. The van der Waals surface area contributed by atoms with Crippen molar-refractivity contribution in [1.29, 1.82) is 0 Å². The molecule has 1 aromatic rings. The SMILES string of the molecule is Cc1cccc(C)c1OCC(=O)N[C@@H]1CCCC[C@@H]1O. The van der Waals surface area contributed by atoms with E-state index >= 15 is 0 Å². The Kier molecular flexibility index (Phi) is 5.01. The molecule has 1 saturated carbocycles. The molecule has 1 aliphatic carbocycles. The van der Waals surface area contributed by atoms with Crippen LogP contribution in [0.25, 0.3) is 0 Å². The van der Waals surface area contributed by atoms with E-state index in [1.54, 1.807) is 0 Å². The average molecular weight is 277 g/mol. The lowest BCUT2D eigenvalue weighted by atomic mass is 9.92. The third-order valence-corrected chi connectivity index (χ3v) is 3.83. The number of amides is 1. The van der Waals surface area contributed by atoms with Gasteiger partial charge in [-0.25, -0.2) is 0 Å². The first kappa shape index (κ1) is 14.9. The van der Waals surface area contributed by atoms with Gasteiger partial charge in [-0.05, 0) is 37.8 Å². The lowest BCUT2D eigenvalue weighted by Gasteiger charge is -2.28. The van der Waals surface area contributed by atoms with Crippen LogP contribution in [0.2, 0.25) is 0 Å². The molecule has 0 aliphatic heterocycles. The molecule has 0 bridgehead atoms. The smallest absolute Gasteiger partial charge is 0.258 e. The van der Waals surface area contributed by atoms with Crippen molar-refractivity contribution in [1.82, 2.24) is 5.32 Å². The summed E-state index contributed by atoms with van der Waals surface area (Å²) in [6.45, 7) is 3.92. The highest BCUT2D eigenvalue weighted by molar-refractivity contribution is 5.78. The minimum atomic E-state index is -0.423. The van der Waals surface area contributed by atoms with Gasteiger partial charge in [0.2, 0.25) is 0 Å². The Labute approximate surface area is 120 Å². The van der Waals surface area contributed by atoms with Crippen LogP contribution in [0.5, 0.6) is 5.75 Å². The van der Waals surface area contributed by atoms with Gasteiger partial charge in [0.05, 0.1) is 12.1 Å². The number of benzene rings is 1. The fourth-order valence-electron chi connectivity index (χ4n) is 2.69. The number of aliphatic hydroxyl groups is 1. The van der Waals surface area contributed by atoms with Crippen LogP contribution >= 0.6 is 0 Å². The Balaban J connectivity index is 1.86. The van der Waals surface area contributed by atoms with Gasteiger partial charge in [0.15, 0.2) is 6.61 Å². The number of hydrogen-bond donors (Lipinski definition) is 2. The summed E-state index contributed by atoms with van der Waals surface area (Å²) in [5.74, 6) is 0.602. The third kappa shape index (κ3) is 3.73. The molecule has 0 spiro atoms. The van der Waals surface area contributed by atoms with Gasteiger partial charge < -0.3 is 15.2 Å². The summed E-state index contributed by atoms with van der Waals surface area (Å²) < 4.78 is 5.61. The number of hydrogen-bond acceptors (Lipinski definition) is 3. The highest BCUT2D eigenvalue weighted by atomic mass is 16.5. The average Bonchev–Trinajstić information content (AvgIpc) is 2.41. The maximum atomic E-state index is 11.9. The van der Waals surface area contributed by atoms with Crippen molar-refractivity contribution in [3.63, 3.8) is 0 Å². The third-order valence-electron chi connectivity index (χ3n) is 3.83. The van der Waals surface area contributed by atoms with E-state index in [0.717, 1.165) is 42.6 Å². The predicted molar refractivity (Wildman–Crippen MR) is 77.8 cm³/mol. The zero-order valence-corrected chi connectivity index (χ0v) is 12.2. The number of carbonyl (C=O) groups excluding carboxylic acids is 1. The first-order valence-corrected chi connectivity index (χ1v) is 7.24. The lowest BCUT2D eigenvalue weighted by Crippen LogP contribution is -2.46. The van der Waals surface area contributed by atoms with Gasteiger partial charge in [0.25, 0.3) is 5.91 Å². The van der Waals surface area contributed by atoms with E-state index in [-0.39, 0.29) is 18.6 Å². The molecular weight excluding hydrogens is 254 g/mol. The number of ether oxygens (including phenoxy) is 1. The standard InChI is InChI=1S/C16H23NO3/c1-11-6-5-7-12(2)16(11)20-10-15(19)17-13-8-3-4-9-14(13)18/h5-7,13-14,18H,3-4,8-10H2,1-2H3,(H,17,19)/t13-,14+/m1/s1. The molecule has 110 valence electrons. The maximum absolute atomic E-state index is 11.9. The second-order valence-electron chi connectivity index (χ2n) is 5.54. The first-order valence-electron chi connectivity index (χ1n) is 7.24. The second kappa shape index (κ2) is 6.75. The Hall–Kier alpha value is -1.55. The van der Waals surface area contributed by atoms with Crippen molar-refractivity contribution < 1.29 is 14.6 Å². The molecular formula is C16H23NO3.